The van der Waals surface area contributed by atoms with E-state index in [0.29, 0.717) is 0 Å². The monoisotopic (exact) mass is 458 g/mol. The first kappa shape index (κ1) is 25.4. The molecule has 1 fully saturated rings. The van der Waals surface area contributed by atoms with Crippen molar-refractivity contribution in [3.05, 3.63) is 64.2 Å². The van der Waals surface area contributed by atoms with E-state index < -0.39 is 0 Å². The Morgan fingerprint density at radius 3 is 1.52 bits per heavy atom. The Morgan fingerprint density at radius 1 is 0.680 bits per heavy atom. The van der Waals surface area contributed by atoms with Crippen LogP contribution in [-0.4, -0.2) is 10.2 Å². The summed E-state index contributed by atoms with van der Waals surface area (Å²) >= 11 is 0. The van der Waals surface area contributed by atoms with Gasteiger partial charge >= 0.3 is 0 Å². The molecule has 2 aromatic rings. The second kappa shape index (κ2) is 11.3. The molecule has 0 atom stereocenters. The molecule has 0 unspecified atom stereocenters. The van der Waals surface area contributed by atoms with Crippen molar-refractivity contribution in [3.63, 3.8) is 0 Å². The number of aryl methyl sites for hydroxylation is 3. The van der Waals surface area contributed by atoms with E-state index in [-0.39, 0.29) is 55.7 Å². The molecule has 6 radical (unpaired) electrons. The van der Waals surface area contributed by atoms with E-state index in [2.05, 4.69) is 67.4 Å². The van der Waals surface area contributed by atoms with E-state index in [4.69, 9.17) is 0 Å². The van der Waals surface area contributed by atoms with Crippen molar-refractivity contribution < 1.29 is 55.7 Å². The Hall–Kier alpha value is 0.410. The topological polar surface area (TPSA) is 0 Å². The smallest absolute Gasteiger partial charge is 0.0616 e. The first-order chi connectivity index (χ1) is 10.5. The molecule has 1 aliphatic carbocycles. The van der Waals surface area contributed by atoms with Crippen LogP contribution in [0.15, 0.2) is 36.4 Å². The van der Waals surface area contributed by atoms with Gasteiger partial charge in [0.1, 0.15) is 0 Å². The molecule has 0 bridgehead atoms. The summed E-state index contributed by atoms with van der Waals surface area (Å²) in [6, 6.07) is 13.9. The molecule has 128 valence electrons. The van der Waals surface area contributed by atoms with Crippen LogP contribution in [0.25, 0.3) is 0 Å². The molecule has 3 rings (SSSR count). The molecule has 0 heterocycles. The van der Waals surface area contributed by atoms with Crippen molar-refractivity contribution in [2.75, 3.05) is 0 Å². The third kappa shape index (κ3) is 6.22. The fourth-order valence-electron chi connectivity index (χ4n) is 3.83. The minimum Gasteiger partial charge on any atom is -0.0616 e. The number of hydrogen-bond donors (Lipinski definition) is 0. The SMILES string of the molecule is Cc1ccc(C2CCC(c3cc(C)c([Si])c(C)c3)CC2)cc1.[V].[V].[V]. The maximum atomic E-state index is 3.74. The zero-order valence-electron chi connectivity index (χ0n) is 15.3. The van der Waals surface area contributed by atoms with Crippen LogP contribution in [0.4, 0.5) is 0 Å². The Bertz CT molecular complexity index is 636. The van der Waals surface area contributed by atoms with Crippen LogP contribution in [0.3, 0.4) is 0 Å². The zero-order valence-corrected chi connectivity index (χ0v) is 20.5. The summed E-state index contributed by atoms with van der Waals surface area (Å²) in [4.78, 5) is 0. The molecule has 1 saturated carbocycles. The molecule has 0 N–H and O–H groups in total. The average Bonchev–Trinajstić information content (AvgIpc) is 2.53. The number of benzene rings is 2. The molecular formula is C21H25SiV3. The summed E-state index contributed by atoms with van der Waals surface area (Å²) in [5.41, 5.74) is 7.17. The maximum Gasteiger partial charge on any atom is 0.0719 e. The van der Waals surface area contributed by atoms with Crippen molar-refractivity contribution >= 4 is 15.4 Å². The predicted molar refractivity (Wildman–Crippen MR) is 96.4 cm³/mol. The second-order valence-electron chi connectivity index (χ2n) is 6.99. The minimum absolute atomic E-state index is 0. The fourth-order valence-corrected chi connectivity index (χ4v) is 3.98. The van der Waals surface area contributed by atoms with E-state index in [0.717, 1.165) is 11.8 Å². The van der Waals surface area contributed by atoms with Crippen LogP contribution >= 0.6 is 0 Å². The van der Waals surface area contributed by atoms with Gasteiger partial charge in [-0.25, -0.2) is 0 Å². The van der Waals surface area contributed by atoms with Crippen LogP contribution < -0.4 is 5.19 Å². The molecular weight excluding hydrogens is 433 g/mol. The van der Waals surface area contributed by atoms with Gasteiger partial charge in [0.25, 0.3) is 0 Å². The largest absolute Gasteiger partial charge is 0.0719 e. The normalized spacial score (nSPS) is 19.2. The maximum absolute atomic E-state index is 3.74. The first-order valence-electron chi connectivity index (χ1n) is 8.44. The van der Waals surface area contributed by atoms with Gasteiger partial charge in [-0.05, 0) is 69.4 Å². The van der Waals surface area contributed by atoms with Gasteiger partial charge in [0.15, 0.2) is 0 Å². The standard InChI is InChI=1S/C21H25Si.3V/c1-14-4-6-17(7-5-14)18-8-10-19(11-9-18)20-12-15(2)21(22)16(3)13-20;;;/h4-7,12-13,18-19H,8-11H2,1-3H3;;;. The molecule has 2 aromatic carbocycles. The van der Waals surface area contributed by atoms with Gasteiger partial charge in [0, 0.05) is 55.7 Å². The van der Waals surface area contributed by atoms with Crippen LogP contribution in [0, 0.1) is 20.8 Å². The Kier molecular flexibility index (Phi) is 11.5. The van der Waals surface area contributed by atoms with E-state index >= 15 is 0 Å². The van der Waals surface area contributed by atoms with Gasteiger partial charge in [-0.3, -0.25) is 0 Å². The summed E-state index contributed by atoms with van der Waals surface area (Å²) in [6.45, 7) is 6.58. The van der Waals surface area contributed by atoms with Crippen molar-refractivity contribution in [2.24, 2.45) is 0 Å². The summed E-state index contributed by atoms with van der Waals surface area (Å²) in [6.07, 6.45) is 5.28. The molecule has 0 amide bonds. The Morgan fingerprint density at radius 2 is 1.08 bits per heavy atom. The molecule has 0 aromatic heterocycles. The minimum atomic E-state index is 0. The van der Waals surface area contributed by atoms with Crippen LogP contribution in [0.5, 0.6) is 0 Å². The second-order valence-corrected chi connectivity index (χ2v) is 7.49. The van der Waals surface area contributed by atoms with Gasteiger partial charge in [-0.2, -0.15) is 0 Å². The zero-order chi connectivity index (χ0) is 15.7. The van der Waals surface area contributed by atoms with E-state index in [1.165, 1.54) is 53.1 Å². The summed E-state index contributed by atoms with van der Waals surface area (Å²) < 4.78 is 0. The van der Waals surface area contributed by atoms with Gasteiger partial charge in [-0.15, -0.1) is 0 Å². The van der Waals surface area contributed by atoms with Crippen molar-refractivity contribution in [3.8, 4) is 0 Å². The summed E-state index contributed by atoms with van der Waals surface area (Å²) in [5.74, 6) is 1.50. The quantitative estimate of drug-likeness (QED) is 0.566. The summed E-state index contributed by atoms with van der Waals surface area (Å²) in [7, 11) is 3.74. The fraction of sp³-hybridized carbons (Fsp3) is 0.429. The van der Waals surface area contributed by atoms with Crippen molar-refractivity contribution in [1.29, 1.82) is 0 Å². The average molecular weight is 458 g/mol. The van der Waals surface area contributed by atoms with Crippen LogP contribution in [0.1, 0.15) is 65.3 Å². The molecule has 0 nitrogen and oxygen atoms in total. The first-order valence-corrected chi connectivity index (χ1v) is 8.94. The molecule has 0 saturated heterocycles. The van der Waals surface area contributed by atoms with Gasteiger partial charge in [0.05, 0.1) is 10.2 Å². The predicted octanol–water partition coefficient (Wildman–Crippen LogP) is 4.84. The van der Waals surface area contributed by atoms with Crippen LogP contribution in [-0.2, 0) is 55.7 Å². The molecule has 0 aliphatic heterocycles. The summed E-state index contributed by atoms with van der Waals surface area (Å²) in [5, 5.41) is 1.26. The van der Waals surface area contributed by atoms with E-state index in [9.17, 15) is 0 Å². The van der Waals surface area contributed by atoms with Crippen LogP contribution in [0.2, 0.25) is 0 Å². The van der Waals surface area contributed by atoms with Gasteiger partial charge < -0.3 is 0 Å². The van der Waals surface area contributed by atoms with E-state index in [1.807, 2.05) is 0 Å². The number of rotatable bonds is 2. The van der Waals surface area contributed by atoms with Gasteiger partial charge in [-0.1, -0.05) is 58.3 Å². The Labute approximate surface area is 192 Å². The van der Waals surface area contributed by atoms with Crippen molar-refractivity contribution in [1.82, 2.24) is 0 Å². The number of hydrogen-bond acceptors (Lipinski definition) is 0. The molecule has 0 spiro atoms. The molecule has 1 aliphatic rings. The van der Waals surface area contributed by atoms with Crippen molar-refractivity contribution in [2.45, 2.75) is 58.3 Å². The molecule has 25 heavy (non-hydrogen) atoms. The third-order valence-corrected chi connectivity index (χ3v) is 6.09. The third-order valence-electron chi connectivity index (χ3n) is 5.30. The molecule has 4 heteroatoms. The van der Waals surface area contributed by atoms with E-state index in [1.54, 1.807) is 5.56 Å². The Balaban J connectivity index is 0.00000192. The van der Waals surface area contributed by atoms with Gasteiger partial charge in [0.2, 0.25) is 0 Å².